The summed E-state index contributed by atoms with van der Waals surface area (Å²) in [4.78, 5) is 12.6. The summed E-state index contributed by atoms with van der Waals surface area (Å²) in [5.41, 5.74) is 0.900. The fourth-order valence-electron chi connectivity index (χ4n) is 2.70. The van der Waals surface area contributed by atoms with Gasteiger partial charge in [-0.1, -0.05) is 24.3 Å². The van der Waals surface area contributed by atoms with Gasteiger partial charge < -0.3 is 5.32 Å². The molecule has 0 radical (unpaired) electrons. The summed E-state index contributed by atoms with van der Waals surface area (Å²) in [6.07, 6.45) is 0. The Morgan fingerprint density at radius 1 is 0.862 bits per heavy atom. The fourth-order valence-corrected chi connectivity index (χ4v) is 3.78. The maximum absolute atomic E-state index is 13.1. The first-order valence-electron chi connectivity index (χ1n) is 8.70. The summed E-state index contributed by atoms with van der Waals surface area (Å²) >= 11 is 0. The van der Waals surface area contributed by atoms with Gasteiger partial charge >= 0.3 is 0 Å². The number of rotatable bonds is 6. The van der Waals surface area contributed by atoms with Crippen molar-refractivity contribution in [1.82, 2.24) is 5.32 Å². The van der Waals surface area contributed by atoms with Crippen LogP contribution in [0.25, 0.3) is 0 Å². The number of hydrogen-bond donors (Lipinski definition) is 2. The zero-order valence-corrected chi connectivity index (χ0v) is 16.2. The average molecular weight is 416 g/mol. The molecule has 3 aromatic rings. The Hall–Kier alpha value is -3.26. The normalized spacial score (nSPS) is 12.2. The van der Waals surface area contributed by atoms with E-state index in [-0.39, 0.29) is 22.0 Å². The number of amides is 1. The Labute approximate surface area is 167 Å². The Morgan fingerprint density at radius 2 is 1.41 bits per heavy atom. The van der Waals surface area contributed by atoms with Gasteiger partial charge in [0.25, 0.3) is 15.9 Å². The van der Waals surface area contributed by atoms with Crippen molar-refractivity contribution in [3.05, 3.63) is 95.6 Å². The number of benzene rings is 3. The largest absolute Gasteiger partial charge is 0.345 e. The van der Waals surface area contributed by atoms with E-state index in [1.165, 1.54) is 24.3 Å². The molecule has 3 rings (SSSR count). The third-order valence-electron chi connectivity index (χ3n) is 4.26. The monoisotopic (exact) mass is 416 g/mol. The molecular weight excluding hydrogens is 398 g/mol. The second-order valence-corrected chi connectivity index (χ2v) is 8.03. The predicted octanol–water partition coefficient (Wildman–Crippen LogP) is 4.26. The molecule has 150 valence electrons. The lowest BCUT2D eigenvalue weighted by atomic mass is 10.1. The van der Waals surface area contributed by atoms with E-state index in [9.17, 15) is 22.0 Å². The van der Waals surface area contributed by atoms with Crippen molar-refractivity contribution in [2.75, 3.05) is 4.72 Å². The maximum Gasteiger partial charge on any atom is 0.261 e. The van der Waals surface area contributed by atoms with Gasteiger partial charge in [-0.15, -0.1) is 0 Å². The van der Waals surface area contributed by atoms with Crippen LogP contribution >= 0.6 is 0 Å². The zero-order valence-electron chi connectivity index (χ0n) is 15.4. The minimum Gasteiger partial charge on any atom is -0.345 e. The van der Waals surface area contributed by atoms with E-state index < -0.39 is 27.8 Å². The third kappa shape index (κ3) is 4.97. The third-order valence-corrected chi connectivity index (χ3v) is 5.64. The Kier molecular flexibility index (Phi) is 5.93. The highest BCUT2D eigenvalue weighted by Crippen LogP contribution is 2.22. The fraction of sp³-hybridized carbons (Fsp3) is 0.0952. The van der Waals surface area contributed by atoms with E-state index in [1.807, 2.05) is 0 Å². The zero-order chi connectivity index (χ0) is 21.0. The maximum atomic E-state index is 13.1. The van der Waals surface area contributed by atoms with Crippen molar-refractivity contribution in [2.45, 2.75) is 17.9 Å². The van der Waals surface area contributed by atoms with Crippen LogP contribution in [-0.2, 0) is 10.0 Å². The lowest BCUT2D eigenvalue weighted by molar-refractivity contribution is 0.0941. The molecule has 5 nitrogen and oxygen atoms in total. The molecule has 0 aliphatic carbocycles. The lowest BCUT2D eigenvalue weighted by Crippen LogP contribution is -2.28. The first-order valence-corrected chi connectivity index (χ1v) is 10.2. The first kappa shape index (κ1) is 20.5. The van der Waals surface area contributed by atoms with Gasteiger partial charge in [0.2, 0.25) is 0 Å². The van der Waals surface area contributed by atoms with Crippen LogP contribution in [0.1, 0.15) is 28.9 Å². The number of sulfonamides is 1. The van der Waals surface area contributed by atoms with Crippen LogP contribution in [0.5, 0.6) is 0 Å². The van der Waals surface area contributed by atoms with E-state index in [2.05, 4.69) is 10.0 Å². The molecule has 0 saturated heterocycles. The second-order valence-electron chi connectivity index (χ2n) is 6.35. The highest BCUT2D eigenvalue weighted by atomic mass is 32.2. The van der Waals surface area contributed by atoms with Crippen molar-refractivity contribution >= 4 is 21.6 Å². The topological polar surface area (TPSA) is 75.3 Å². The smallest absolute Gasteiger partial charge is 0.261 e. The highest BCUT2D eigenvalue weighted by molar-refractivity contribution is 7.92. The summed E-state index contributed by atoms with van der Waals surface area (Å²) < 4.78 is 53.6. The summed E-state index contributed by atoms with van der Waals surface area (Å²) in [7, 11) is -4.01. The van der Waals surface area contributed by atoms with Crippen molar-refractivity contribution < 1.29 is 22.0 Å². The summed E-state index contributed by atoms with van der Waals surface area (Å²) in [6, 6.07) is 15.8. The molecule has 29 heavy (non-hydrogen) atoms. The van der Waals surface area contributed by atoms with Crippen LogP contribution < -0.4 is 10.0 Å². The Bertz CT molecular complexity index is 1120. The highest BCUT2D eigenvalue weighted by Gasteiger charge is 2.20. The standard InChI is InChI=1S/C21H18F2N2O3S/c1-14(15-6-8-16(22)9-7-15)24-21(26)19-4-2-3-5-20(19)25-29(27,28)18-12-10-17(23)11-13-18/h2-14,25H,1H3,(H,24,26)/t14-/m1/s1. The molecular formula is C21H18F2N2O3S. The molecule has 0 aliphatic rings. The molecule has 0 saturated carbocycles. The van der Waals surface area contributed by atoms with Gasteiger partial charge in [-0.05, 0) is 61.0 Å². The number of hydrogen-bond acceptors (Lipinski definition) is 3. The van der Waals surface area contributed by atoms with Crippen molar-refractivity contribution in [3.63, 3.8) is 0 Å². The molecule has 1 amide bonds. The molecule has 0 aliphatic heterocycles. The number of carbonyl (C=O) groups excluding carboxylic acids is 1. The lowest BCUT2D eigenvalue weighted by Gasteiger charge is -2.17. The molecule has 0 aromatic heterocycles. The van der Waals surface area contributed by atoms with Crippen LogP contribution in [0.4, 0.5) is 14.5 Å². The van der Waals surface area contributed by atoms with E-state index in [4.69, 9.17) is 0 Å². The SMILES string of the molecule is C[C@@H](NC(=O)c1ccccc1NS(=O)(=O)c1ccc(F)cc1)c1ccc(F)cc1. The molecule has 0 fully saturated rings. The second kappa shape index (κ2) is 8.40. The molecule has 0 spiro atoms. The van der Waals surface area contributed by atoms with Crippen molar-refractivity contribution in [1.29, 1.82) is 0 Å². The van der Waals surface area contributed by atoms with Crippen molar-refractivity contribution in [3.8, 4) is 0 Å². The van der Waals surface area contributed by atoms with E-state index >= 15 is 0 Å². The summed E-state index contributed by atoms with van der Waals surface area (Å²) in [5, 5.41) is 2.76. The van der Waals surface area contributed by atoms with Gasteiger partial charge in [-0.2, -0.15) is 0 Å². The van der Waals surface area contributed by atoms with Crippen LogP contribution in [-0.4, -0.2) is 14.3 Å². The Balaban J connectivity index is 1.81. The number of nitrogens with one attached hydrogen (secondary N) is 2. The van der Waals surface area contributed by atoms with Gasteiger partial charge in [0.1, 0.15) is 11.6 Å². The molecule has 0 unspecified atom stereocenters. The van der Waals surface area contributed by atoms with Crippen LogP contribution in [0.15, 0.2) is 77.7 Å². The van der Waals surface area contributed by atoms with Gasteiger partial charge in [-0.25, -0.2) is 17.2 Å². The van der Waals surface area contributed by atoms with Crippen molar-refractivity contribution in [2.24, 2.45) is 0 Å². The minimum absolute atomic E-state index is 0.0839. The molecule has 0 heterocycles. The average Bonchev–Trinajstić information content (AvgIpc) is 2.69. The van der Waals surface area contributed by atoms with Gasteiger partial charge in [-0.3, -0.25) is 9.52 Å². The number of para-hydroxylation sites is 1. The molecule has 2 N–H and O–H groups in total. The predicted molar refractivity (Wildman–Crippen MR) is 106 cm³/mol. The molecule has 1 atom stereocenters. The van der Waals surface area contributed by atoms with E-state index in [0.717, 1.165) is 24.3 Å². The van der Waals surface area contributed by atoms with E-state index in [1.54, 1.807) is 31.2 Å². The summed E-state index contributed by atoms with van der Waals surface area (Å²) in [6.45, 7) is 1.73. The molecule has 3 aromatic carbocycles. The molecule has 8 heteroatoms. The van der Waals surface area contributed by atoms with Crippen LogP contribution in [0.2, 0.25) is 0 Å². The number of carbonyl (C=O) groups is 1. The van der Waals surface area contributed by atoms with Gasteiger partial charge in [0.15, 0.2) is 0 Å². The van der Waals surface area contributed by atoms with Gasteiger partial charge in [0.05, 0.1) is 22.2 Å². The number of halogens is 2. The van der Waals surface area contributed by atoms with Gasteiger partial charge in [0, 0.05) is 0 Å². The Morgan fingerprint density at radius 3 is 2.03 bits per heavy atom. The van der Waals surface area contributed by atoms with E-state index in [0.29, 0.717) is 5.56 Å². The first-order chi connectivity index (χ1) is 13.8. The number of anilines is 1. The van der Waals surface area contributed by atoms with Crippen LogP contribution in [0, 0.1) is 11.6 Å². The van der Waals surface area contributed by atoms with Crippen LogP contribution in [0.3, 0.4) is 0 Å². The minimum atomic E-state index is -4.01. The quantitative estimate of drug-likeness (QED) is 0.631. The summed E-state index contributed by atoms with van der Waals surface area (Å²) in [5.74, 6) is -1.44. The molecule has 0 bridgehead atoms.